The second-order valence-corrected chi connectivity index (χ2v) is 3.87. The van der Waals surface area contributed by atoms with Crippen LogP contribution in [0.1, 0.15) is 0 Å². The lowest BCUT2D eigenvalue weighted by Crippen LogP contribution is -2.51. The fraction of sp³-hybridized carbons (Fsp3) is 0.0909. The number of nitrogens with zero attached hydrogens (tertiary/aromatic N) is 2. The average molecular weight is 248 g/mol. The zero-order valence-electron chi connectivity index (χ0n) is 9.13. The van der Waals surface area contributed by atoms with Gasteiger partial charge >= 0.3 is 6.03 Å². The number of amides is 3. The number of anilines is 1. The Hall–Kier alpha value is -2.41. The number of carbonyl (C=O) groups excluding carboxylic acids is 2. The Balaban J connectivity index is 1.96. The largest absolute Gasteiger partial charge is 0.337 e. The summed E-state index contributed by atoms with van der Waals surface area (Å²) >= 11 is 0. The quantitative estimate of drug-likeness (QED) is 0.760. The number of hydrogen-bond acceptors (Lipinski definition) is 3. The number of hydrazine groups is 1. The Kier molecular flexibility index (Phi) is 2.27. The van der Waals surface area contributed by atoms with Crippen LogP contribution in [0, 0.1) is 5.82 Å². The monoisotopic (exact) mass is 248 g/mol. The molecule has 2 aliphatic rings. The third-order valence-corrected chi connectivity index (χ3v) is 2.76. The van der Waals surface area contributed by atoms with E-state index in [0.717, 1.165) is 0 Å². The highest BCUT2D eigenvalue weighted by atomic mass is 19.1. The maximum absolute atomic E-state index is 13.1. The van der Waals surface area contributed by atoms with Crippen LogP contribution >= 0.6 is 0 Å². The first-order chi connectivity index (χ1) is 8.66. The third kappa shape index (κ3) is 1.52. The van der Waals surface area contributed by atoms with Gasteiger partial charge < -0.3 is 0 Å². The van der Waals surface area contributed by atoms with Gasteiger partial charge in [-0.1, -0.05) is 6.07 Å². The molecule has 3 rings (SSSR count). The molecule has 0 aromatic heterocycles. The molecule has 0 spiro atoms. The van der Waals surface area contributed by atoms with Crippen molar-refractivity contribution in [2.75, 3.05) is 4.90 Å². The molecule has 18 heavy (non-hydrogen) atoms. The second kappa shape index (κ2) is 3.81. The number of fused-ring (bicyclic) bond motifs is 1. The number of benzene rings is 1. The van der Waals surface area contributed by atoms with Crippen LogP contribution in [0.2, 0.25) is 0 Å². The summed E-state index contributed by atoms with van der Waals surface area (Å²) < 4.78 is 13.1. The van der Waals surface area contributed by atoms with Crippen LogP contribution in [0.25, 0.3) is 0 Å². The molecule has 0 aliphatic carbocycles. The molecule has 2 heterocycles. The predicted molar refractivity (Wildman–Crippen MR) is 60.3 cm³/mol. The van der Waals surface area contributed by atoms with Gasteiger partial charge in [0.25, 0.3) is 5.91 Å². The summed E-state index contributed by atoms with van der Waals surface area (Å²) in [6.45, 7) is 0. The molecule has 3 amide bonds. The molecule has 2 N–H and O–H groups in total. The van der Waals surface area contributed by atoms with E-state index in [-0.39, 0.29) is 5.91 Å². The van der Waals surface area contributed by atoms with Gasteiger partial charge in [0, 0.05) is 12.4 Å². The van der Waals surface area contributed by atoms with Crippen molar-refractivity contribution in [3.63, 3.8) is 0 Å². The molecule has 2 aliphatic heterocycles. The highest BCUT2D eigenvalue weighted by molar-refractivity contribution is 6.02. The van der Waals surface area contributed by atoms with Crippen molar-refractivity contribution in [3.8, 4) is 0 Å². The van der Waals surface area contributed by atoms with Gasteiger partial charge in [-0.3, -0.25) is 20.0 Å². The standard InChI is InChI=1S/C11H9FN4O2/c12-7-2-1-3-8(6-7)15-4-5-16-9(10(15)17)13-14-11(16)18/h1-6,9,13H,(H,14,18). The first kappa shape index (κ1) is 10.7. The van der Waals surface area contributed by atoms with Gasteiger partial charge in [-0.05, 0) is 18.2 Å². The summed E-state index contributed by atoms with van der Waals surface area (Å²) in [6.07, 6.45) is 2.10. The van der Waals surface area contributed by atoms with E-state index in [9.17, 15) is 14.0 Å². The zero-order chi connectivity index (χ0) is 12.7. The van der Waals surface area contributed by atoms with E-state index in [1.54, 1.807) is 6.07 Å². The van der Waals surface area contributed by atoms with Crippen LogP contribution in [0.5, 0.6) is 0 Å². The van der Waals surface area contributed by atoms with E-state index in [0.29, 0.717) is 5.69 Å². The highest BCUT2D eigenvalue weighted by Gasteiger charge is 2.39. The minimum Gasteiger partial charge on any atom is -0.283 e. The number of rotatable bonds is 1. The summed E-state index contributed by atoms with van der Waals surface area (Å²) in [7, 11) is 0. The summed E-state index contributed by atoms with van der Waals surface area (Å²) in [4.78, 5) is 26.0. The predicted octanol–water partition coefficient (Wildman–Crippen LogP) is 0.499. The van der Waals surface area contributed by atoms with Crippen LogP contribution in [-0.4, -0.2) is 23.0 Å². The molecule has 6 nitrogen and oxygen atoms in total. The molecule has 1 fully saturated rings. The van der Waals surface area contributed by atoms with Crippen molar-refractivity contribution < 1.29 is 14.0 Å². The topological polar surface area (TPSA) is 64.7 Å². The molecular formula is C11H9FN4O2. The van der Waals surface area contributed by atoms with E-state index < -0.39 is 18.0 Å². The normalized spacial score (nSPS) is 22.2. The Morgan fingerprint density at radius 1 is 1.22 bits per heavy atom. The number of nitrogens with one attached hydrogen (secondary N) is 2. The van der Waals surface area contributed by atoms with Gasteiger partial charge in [0.15, 0.2) is 6.17 Å². The second-order valence-electron chi connectivity index (χ2n) is 3.87. The summed E-state index contributed by atoms with van der Waals surface area (Å²) in [5, 5.41) is 0. The van der Waals surface area contributed by atoms with Crippen molar-refractivity contribution in [2.24, 2.45) is 0 Å². The van der Waals surface area contributed by atoms with Gasteiger partial charge in [0.2, 0.25) is 0 Å². The van der Waals surface area contributed by atoms with Crippen LogP contribution in [-0.2, 0) is 4.79 Å². The van der Waals surface area contributed by atoms with Gasteiger partial charge in [0.05, 0.1) is 5.69 Å². The molecule has 1 atom stereocenters. The molecule has 1 unspecified atom stereocenters. The number of urea groups is 1. The van der Waals surface area contributed by atoms with Crippen LogP contribution in [0.15, 0.2) is 36.7 Å². The summed E-state index contributed by atoms with van der Waals surface area (Å²) in [5.41, 5.74) is 5.32. The number of halogens is 1. The lowest BCUT2D eigenvalue weighted by Gasteiger charge is -2.29. The molecule has 1 aromatic carbocycles. The van der Waals surface area contributed by atoms with Gasteiger partial charge in [-0.25, -0.2) is 14.6 Å². The van der Waals surface area contributed by atoms with E-state index in [1.165, 1.54) is 40.4 Å². The molecular weight excluding hydrogens is 239 g/mol. The summed E-state index contributed by atoms with van der Waals surface area (Å²) in [5.74, 6) is -0.786. The first-order valence-electron chi connectivity index (χ1n) is 5.27. The fourth-order valence-electron chi connectivity index (χ4n) is 1.90. The molecule has 92 valence electrons. The van der Waals surface area contributed by atoms with Gasteiger partial charge in [-0.15, -0.1) is 0 Å². The molecule has 1 saturated heterocycles. The maximum atomic E-state index is 13.1. The lowest BCUT2D eigenvalue weighted by atomic mass is 10.2. The van der Waals surface area contributed by atoms with Crippen LogP contribution in [0.4, 0.5) is 14.9 Å². The molecule has 0 saturated carbocycles. The van der Waals surface area contributed by atoms with Gasteiger partial charge in [0.1, 0.15) is 5.82 Å². The van der Waals surface area contributed by atoms with Crippen LogP contribution in [0.3, 0.4) is 0 Å². The minimum absolute atomic E-state index is 0.360. The maximum Gasteiger partial charge on any atom is 0.337 e. The van der Waals surface area contributed by atoms with E-state index >= 15 is 0 Å². The van der Waals surface area contributed by atoms with Crippen molar-refractivity contribution in [1.29, 1.82) is 0 Å². The Morgan fingerprint density at radius 3 is 2.83 bits per heavy atom. The fourth-order valence-corrected chi connectivity index (χ4v) is 1.90. The smallest absolute Gasteiger partial charge is 0.283 e. The highest BCUT2D eigenvalue weighted by Crippen LogP contribution is 2.22. The van der Waals surface area contributed by atoms with Crippen molar-refractivity contribution >= 4 is 17.6 Å². The average Bonchev–Trinajstić information content (AvgIpc) is 2.73. The molecule has 0 radical (unpaired) electrons. The Labute approximate surface area is 102 Å². The minimum atomic E-state index is -0.800. The lowest BCUT2D eigenvalue weighted by molar-refractivity contribution is -0.122. The molecule has 0 bridgehead atoms. The van der Waals surface area contributed by atoms with E-state index in [4.69, 9.17) is 0 Å². The Morgan fingerprint density at radius 2 is 2.06 bits per heavy atom. The SMILES string of the molecule is O=C1C2NNC(=O)N2C=CN1c1cccc(F)c1. The number of hydrogen-bond donors (Lipinski definition) is 2. The molecule has 7 heteroatoms. The van der Waals surface area contributed by atoms with Crippen LogP contribution < -0.4 is 15.8 Å². The van der Waals surface area contributed by atoms with E-state index in [1.807, 2.05) is 0 Å². The van der Waals surface area contributed by atoms with Crippen molar-refractivity contribution in [1.82, 2.24) is 15.8 Å². The first-order valence-corrected chi connectivity index (χ1v) is 5.27. The Bertz CT molecular complexity index is 560. The van der Waals surface area contributed by atoms with E-state index in [2.05, 4.69) is 10.9 Å². The van der Waals surface area contributed by atoms with Crippen molar-refractivity contribution in [3.05, 3.63) is 42.5 Å². The number of carbonyl (C=O) groups is 2. The molecule has 1 aromatic rings. The summed E-state index contributed by atoms with van der Waals surface area (Å²) in [6, 6.07) is 5.28. The van der Waals surface area contributed by atoms with Crippen molar-refractivity contribution in [2.45, 2.75) is 6.17 Å². The zero-order valence-corrected chi connectivity index (χ0v) is 9.13. The third-order valence-electron chi connectivity index (χ3n) is 2.76. The van der Waals surface area contributed by atoms with Gasteiger partial charge in [-0.2, -0.15) is 0 Å².